The second-order valence-electron chi connectivity index (χ2n) is 8.70. The standard InChI is InChI=1S/C23H25FN6O4/c1-30-20(32)7-6-17-21(30)22(16(24)10-26-17)33-11-13-2-4-14(5-3-13)25-9-15-8-18-23(29-28-15)34-12-19(31)27-18/h6-8,10,13-14,25H,2-5,9,11-12H2,1H3,(H,27,31). The highest BCUT2D eigenvalue weighted by Crippen LogP contribution is 2.30. The summed E-state index contributed by atoms with van der Waals surface area (Å²) < 4.78 is 27.0. The average Bonchev–Trinajstić information content (AvgIpc) is 2.85. The van der Waals surface area contributed by atoms with E-state index in [1.807, 2.05) is 0 Å². The number of amides is 1. The lowest BCUT2D eigenvalue weighted by Crippen LogP contribution is -2.34. The smallest absolute Gasteiger partial charge is 0.262 e. The maximum absolute atomic E-state index is 14.5. The summed E-state index contributed by atoms with van der Waals surface area (Å²) in [5, 5.41) is 14.4. The van der Waals surface area contributed by atoms with Crippen LogP contribution in [0.4, 0.5) is 10.1 Å². The van der Waals surface area contributed by atoms with Gasteiger partial charge >= 0.3 is 0 Å². The Morgan fingerprint density at radius 2 is 2.06 bits per heavy atom. The first kappa shape index (κ1) is 22.2. The number of nitrogens with zero attached hydrogens (tertiary/aromatic N) is 4. The Labute approximate surface area is 194 Å². The Hall–Kier alpha value is -3.60. The number of hydrogen-bond donors (Lipinski definition) is 2. The molecule has 0 unspecified atom stereocenters. The first-order chi connectivity index (χ1) is 16.5. The second kappa shape index (κ2) is 9.34. The predicted octanol–water partition coefficient (Wildman–Crippen LogP) is 1.92. The Bertz CT molecular complexity index is 1290. The number of carbonyl (C=O) groups is 1. The average molecular weight is 468 g/mol. The maximum atomic E-state index is 14.5. The fourth-order valence-corrected chi connectivity index (χ4v) is 4.44. The summed E-state index contributed by atoms with van der Waals surface area (Å²) in [6, 6.07) is 5.08. The molecule has 3 aromatic heterocycles. The van der Waals surface area contributed by atoms with Crippen molar-refractivity contribution < 1.29 is 18.7 Å². The minimum absolute atomic E-state index is 0.0472. The van der Waals surface area contributed by atoms with Crippen molar-refractivity contribution in [2.45, 2.75) is 38.3 Å². The van der Waals surface area contributed by atoms with Crippen LogP contribution in [0.2, 0.25) is 0 Å². The number of hydrogen-bond acceptors (Lipinski definition) is 8. The number of aromatic nitrogens is 4. The molecular formula is C23H25FN6O4. The highest BCUT2D eigenvalue weighted by atomic mass is 19.1. The quantitative estimate of drug-likeness (QED) is 0.563. The van der Waals surface area contributed by atoms with Crippen molar-refractivity contribution in [1.82, 2.24) is 25.1 Å². The van der Waals surface area contributed by atoms with E-state index in [0.717, 1.165) is 37.6 Å². The summed E-state index contributed by atoms with van der Waals surface area (Å²) in [7, 11) is 1.59. The van der Waals surface area contributed by atoms with Crippen molar-refractivity contribution in [2.75, 3.05) is 18.5 Å². The number of pyridine rings is 2. The van der Waals surface area contributed by atoms with Crippen molar-refractivity contribution in [3.63, 3.8) is 0 Å². The molecular weight excluding hydrogens is 443 g/mol. The SMILES string of the molecule is Cn1c(=O)ccc2ncc(F)c(OCC3CCC(NCc4cc5c(nn4)OCC(=O)N5)CC3)c21. The van der Waals surface area contributed by atoms with Crippen molar-refractivity contribution in [2.24, 2.45) is 13.0 Å². The largest absolute Gasteiger partial charge is 0.488 e. The Morgan fingerprint density at radius 3 is 2.88 bits per heavy atom. The lowest BCUT2D eigenvalue weighted by Gasteiger charge is -2.29. The Balaban J connectivity index is 1.15. The van der Waals surface area contributed by atoms with Gasteiger partial charge in [-0.1, -0.05) is 0 Å². The molecule has 34 heavy (non-hydrogen) atoms. The van der Waals surface area contributed by atoms with Gasteiger partial charge in [0.25, 0.3) is 17.3 Å². The molecule has 10 nitrogen and oxygen atoms in total. The lowest BCUT2D eigenvalue weighted by atomic mass is 9.86. The van der Waals surface area contributed by atoms with E-state index in [4.69, 9.17) is 9.47 Å². The fourth-order valence-electron chi connectivity index (χ4n) is 4.44. The van der Waals surface area contributed by atoms with Crippen LogP contribution in [-0.4, -0.2) is 44.9 Å². The molecule has 0 radical (unpaired) electrons. The van der Waals surface area contributed by atoms with E-state index in [1.165, 1.54) is 10.6 Å². The van der Waals surface area contributed by atoms with Crippen molar-refractivity contribution in [1.29, 1.82) is 0 Å². The van der Waals surface area contributed by atoms with Crippen LogP contribution in [0, 0.1) is 11.7 Å². The number of aryl methyl sites for hydroxylation is 1. The van der Waals surface area contributed by atoms with Crippen molar-refractivity contribution in [3.05, 3.63) is 46.3 Å². The number of nitrogens with one attached hydrogen (secondary N) is 2. The number of rotatable bonds is 6. The molecule has 2 aliphatic rings. The van der Waals surface area contributed by atoms with Gasteiger partial charge in [-0.2, -0.15) is 5.10 Å². The van der Waals surface area contributed by atoms with E-state index < -0.39 is 5.82 Å². The molecule has 1 aliphatic heterocycles. The molecule has 11 heteroatoms. The van der Waals surface area contributed by atoms with Crippen LogP contribution in [0.3, 0.4) is 0 Å². The topological polar surface area (TPSA) is 120 Å². The number of ether oxygens (including phenoxy) is 2. The van der Waals surface area contributed by atoms with Crippen LogP contribution < -0.4 is 25.7 Å². The Kier molecular flexibility index (Phi) is 6.10. The van der Waals surface area contributed by atoms with Gasteiger partial charge in [0, 0.05) is 25.7 Å². The molecule has 1 amide bonds. The third kappa shape index (κ3) is 4.56. The van der Waals surface area contributed by atoms with Gasteiger partial charge in [-0.15, -0.1) is 5.10 Å². The van der Waals surface area contributed by atoms with E-state index in [9.17, 15) is 14.0 Å². The maximum Gasteiger partial charge on any atom is 0.262 e. The molecule has 0 bridgehead atoms. The summed E-state index contributed by atoms with van der Waals surface area (Å²) in [5.41, 5.74) is 1.91. The highest BCUT2D eigenvalue weighted by Gasteiger charge is 2.24. The monoisotopic (exact) mass is 468 g/mol. The molecule has 1 fully saturated rings. The molecule has 4 heterocycles. The van der Waals surface area contributed by atoms with Crippen molar-refractivity contribution in [3.8, 4) is 11.6 Å². The van der Waals surface area contributed by atoms with Gasteiger partial charge in [0.2, 0.25) is 0 Å². The van der Waals surface area contributed by atoms with Gasteiger partial charge in [0.1, 0.15) is 11.2 Å². The van der Waals surface area contributed by atoms with Gasteiger partial charge in [0.15, 0.2) is 18.2 Å². The molecule has 5 rings (SSSR count). The highest BCUT2D eigenvalue weighted by molar-refractivity contribution is 5.94. The van der Waals surface area contributed by atoms with Crippen LogP contribution in [0.1, 0.15) is 31.4 Å². The predicted molar refractivity (Wildman–Crippen MR) is 121 cm³/mol. The van der Waals surface area contributed by atoms with E-state index in [-0.39, 0.29) is 29.7 Å². The molecule has 0 aromatic carbocycles. The molecule has 1 saturated carbocycles. The molecule has 1 aliphatic carbocycles. The molecule has 0 saturated heterocycles. The van der Waals surface area contributed by atoms with Crippen molar-refractivity contribution >= 4 is 22.6 Å². The first-order valence-corrected chi connectivity index (χ1v) is 11.3. The van der Waals surface area contributed by atoms with E-state index in [0.29, 0.717) is 41.8 Å². The fraction of sp³-hybridized carbons (Fsp3) is 0.435. The minimum atomic E-state index is -0.572. The molecule has 2 N–H and O–H groups in total. The molecule has 178 valence electrons. The van der Waals surface area contributed by atoms with E-state index in [2.05, 4.69) is 25.8 Å². The second-order valence-corrected chi connectivity index (χ2v) is 8.70. The van der Waals surface area contributed by atoms with Crippen LogP contribution in [0.15, 0.2) is 29.2 Å². The third-order valence-electron chi connectivity index (χ3n) is 6.35. The van der Waals surface area contributed by atoms with Crippen LogP contribution in [-0.2, 0) is 18.4 Å². The van der Waals surface area contributed by atoms with Crippen LogP contribution in [0.5, 0.6) is 11.6 Å². The zero-order valence-corrected chi connectivity index (χ0v) is 18.7. The van der Waals surface area contributed by atoms with Gasteiger partial charge in [-0.3, -0.25) is 14.6 Å². The lowest BCUT2D eigenvalue weighted by molar-refractivity contribution is -0.118. The normalized spacial score (nSPS) is 19.9. The summed E-state index contributed by atoms with van der Waals surface area (Å²) in [5.74, 6) is -0.0780. The molecule has 0 atom stereocenters. The number of anilines is 1. The zero-order chi connectivity index (χ0) is 23.7. The van der Waals surface area contributed by atoms with Gasteiger partial charge in [0.05, 0.1) is 24.0 Å². The van der Waals surface area contributed by atoms with Crippen LogP contribution in [0.25, 0.3) is 11.0 Å². The third-order valence-corrected chi connectivity index (χ3v) is 6.35. The van der Waals surface area contributed by atoms with E-state index in [1.54, 1.807) is 19.2 Å². The summed E-state index contributed by atoms with van der Waals surface area (Å²) >= 11 is 0. The van der Waals surface area contributed by atoms with Crippen LogP contribution >= 0.6 is 0 Å². The molecule has 3 aromatic rings. The number of halogens is 1. The number of carbonyl (C=O) groups excluding carboxylic acids is 1. The minimum Gasteiger partial charge on any atom is -0.488 e. The summed E-state index contributed by atoms with van der Waals surface area (Å²) in [6.07, 6.45) is 4.89. The molecule has 0 spiro atoms. The Morgan fingerprint density at radius 1 is 1.24 bits per heavy atom. The zero-order valence-electron chi connectivity index (χ0n) is 18.7. The number of fused-ring (bicyclic) bond motifs is 2. The van der Waals surface area contributed by atoms with Gasteiger partial charge < -0.3 is 24.7 Å². The van der Waals surface area contributed by atoms with Gasteiger partial charge in [-0.05, 0) is 43.7 Å². The summed E-state index contributed by atoms with van der Waals surface area (Å²) in [6.45, 7) is 0.862. The van der Waals surface area contributed by atoms with Gasteiger partial charge in [-0.25, -0.2) is 4.39 Å². The van der Waals surface area contributed by atoms with E-state index >= 15 is 0 Å². The summed E-state index contributed by atoms with van der Waals surface area (Å²) in [4.78, 5) is 27.5. The first-order valence-electron chi connectivity index (χ1n) is 11.3.